The van der Waals surface area contributed by atoms with Crippen molar-refractivity contribution < 1.29 is 9.59 Å². The van der Waals surface area contributed by atoms with Crippen LogP contribution in [0.5, 0.6) is 0 Å². The van der Waals surface area contributed by atoms with Crippen molar-refractivity contribution in [2.24, 2.45) is 0 Å². The Hall–Kier alpha value is -2.35. The normalized spacial score (nSPS) is 15.1. The van der Waals surface area contributed by atoms with E-state index in [1.54, 1.807) is 4.90 Å². The van der Waals surface area contributed by atoms with Crippen molar-refractivity contribution in [3.63, 3.8) is 0 Å². The number of benzene rings is 1. The third-order valence-corrected chi connectivity index (χ3v) is 3.93. The van der Waals surface area contributed by atoms with Crippen LogP contribution in [-0.2, 0) is 16.0 Å². The number of carbonyl (C=O) groups is 2. The molecule has 0 atom stereocenters. The summed E-state index contributed by atoms with van der Waals surface area (Å²) in [7, 11) is 0. The molecule has 1 aromatic carbocycles. The number of aryl methyl sites for hydroxylation is 1. The lowest BCUT2D eigenvalue weighted by Crippen LogP contribution is -2.46. The minimum atomic E-state index is -0.114. The first-order valence-corrected chi connectivity index (χ1v) is 7.67. The number of hydrogen-bond donors (Lipinski definition) is 1. The molecule has 0 saturated carbocycles. The van der Waals surface area contributed by atoms with Gasteiger partial charge in [-0.15, -0.1) is 0 Å². The molecule has 5 heteroatoms. The van der Waals surface area contributed by atoms with Crippen molar-refractivity contribution in [1.82, 2.24) is 10.2 Å². The molecule has 1 fully saturated rings. The number of likely N-dealkylation sites (tertiary alicyclic amines) is 1. The summed E-state index contributed by atoms with van der Waals surface area (Å²) in [5.41, 5.74) is 1.16. The van der Waals surface area contributed by atoms with Crippen LogP contribution in [0.3, 0.4) is 0 Å². The first-order valence-electron chi connectivity index (χ1n) is 7.67. The molecule has 2 rings (SSSR count). The Bertz CT molecular complexity index is 543. The Balaban J connectivity index is 1.68. The van der Waals surface area contributed by atoms with Crippen LogP contribution < -0.4 is 5.32 Å². The SMILES string of the molecule is N#CCC(=O)N1CCC(NC(=O)CCc2ccccc2)CC1. The summed E-state index contributed by atoms with van der Waals surface area (Å²) in [5.74, 6) is -0.0537. The molecular formula is C17H21N3O2. The van der Waals surface area contributed by atoms with Gasteiger partial charge in [0.25, 0.3) is 0 Å². The number of piperidine rings is 1. The quantitative estimate of drug-likeness (QED) is 0.898. The number of nitriles is 1. The zero-order valence-electron chi connectivity index (χ0n) is 12.6. The maximum Gasteiger partial charge on any atom is 0.236 e. The van der Waals surface area contributed by atoms with E-state index in [9.17, 15) is 9.59 Å². The number of carbonyl (C=O) groups excluding carboxylic acids is 2. The minimum Gasteiger partial charge on any atom is -0.353 e. The predicted molar refractivity (Wildman–Crippen MR) is 82.7 cm³/mol. The molecule has 1 N–H and O–H groups in total. The summed E-state index contributed by atoms with van der Waals surface area (Å²) in [5, 5.41) is 11.6. The summed E-state index contributed by atoms with van der Waals surface area (Å²) >= 11 is 0. The van der Waals surface area contributed by atoms with Gasteiger partial charge in [-0.05, 0) is 24.8 Å². The lowest BCUT2D eigenvalue weighted by Gasteiger charge is -2.32. The second kappa shape index (κ2) is 8.18. The Morgan fingerprint density at radius 3 is 2.55 bits per heavy atom. The van der Waals surface area contributed by atoms with E-state index in [0.717, 1.165) is 24.8 Å². The van der Waals surface area contributed by atoms with Gasteiger partial charge < -0.3 is 10.2 Å². The van der Waals surface area contributed by atoms with E-state index >= 15 is 0 Å². The van der Waals surface area contributed by atoms with Crippen molar-refractivity contribution in [2.75, 3.05) is 13.1 Å². The molecule has 0 aromatic heterocycles. The van der Waals surface area contributed by atoms with Crippen molar-refractivity contribution in [3.05, 3.63) is 35.9 Å². The number of nitrogens with one attached hydrogen (secondary N) is 1. The Labute approximate surface area is 130 Å². The minimum absolute atomic E-state index is 0.0608. The van der Waals surface area contributed by atoms with Gasteiger partial charge in [0.2, 0.25) is 11.8 Å². The van der Waals surface area contributed by atoms with E-state index in [2.05, 4.69) is 5.32 Å². The van der Waals surface area contributed by atoms with Crippen LogP contribution in [0.25, 0.3) is 0 Å². The molecule has 2 amide bonds. The largest absolute Gasteiger partial charge is 0.353 e. The van der Waals surface area contributed by atoms with Gasteiger partial charge in [-0.3, -0.25) is 9.59 Å². The molecule has 0 bridgehead atoms. The number of amides is 2. The average molecular weight is 299 g/mol. The number of hydrogen-bond acceptors (Lipinski definition) is 3. The smallest absolute Gasteiger partial charge is 0.236 e. The van der Waals surface area contributed by atoms with Gasteiger partial charge in [0.1, 0.15) is 6.42 Å². The molecule has 0 aliphatic carbocycles. The van der Waals surface area contributed by atoms with Crippen LogP contribution in [0.15, 0.2) is 30.3 Å². The first-order chi connectivity index (χ1) is 10.7. The molecule has 0 spiro atoms. The standard InChI is InChI=1S/C17H21N3O2/c18-11-8-17(22)20-12-9-15(10-13-20)19-16(21)7-6-14-4-2-1-3-5-14/h1-5,15H,6-10,12-13H2,(H,19,21). The van der Waals surface area contributed by atoms with E-state index in [0.29, 0.717) is 19.5 Å². The third-order valence-electron chi connectivity index (χ3n) is 3.93. The molecule has 5 nitrogen and oxygen atoms in total. The molecule has 1 heterocycles. The van der Waals surface area contributed by atoms with E-state index in [-0.39, 0.29) is 24.3 Å². The average Bonchev–Trinajstić information content (AvgIpc) is 2.55. The molecule has 116 valence electrons. The molecule has 1 aliphatic rings. The maximum absolute atomic E-state index is 12.0. The molecule has 22 heavy (non-hydrogen) atoms. The summed E-state index contributed by atoms with van der Waals surface area (Å²) < 4.78 is 0. The van der Waals surface area contributed by atoms with Crippen LogP contribution in [0.1, 0.15) is 31.2 Å². The molecule has 1 saturated heterocycles. The summed E-state index contributed by atoms with van der Waals surface area (Å²) in [6, 6.07) is 12.0. The van der Waals surface area contributed by atoms with Crippen molar-refractivity contribution >= 4 is 11.8 Å². The highest BCUT2D eigenvalue weighted by atomic mass is 16.2. The van der Waals surface area contributed by atoms with Crippen LogP contribution in [0, 0.1) is 11.3 Å². The molecule has 1 aliphatic heterocycles. The van der Waals surface area contributed by atoms with Crippen molar-refractivity contribution in [3.8, 4) is 6.07 Å². The van der Waals surface area contributed by atoms with E-state index in [1.165, 1.54) is 0 Å². The fraction of sp³-hybridized carbons (Fsp3) is 0.471. The van der Waals surface area contributed by atoms with E-state index < -0.39 is 0 Å². The lowest BCUT2D eigenvalue weighted by molar-refractivity contribution is -0.131. The molecule has 0 unspecified atom stereocenters. The molecule has 0 radical (unpaired) electrons. The second-order valence-corrected chi connectivity index (χ2v) is 5.54. The highest BCUT2D eigenvalue weighted by Crippen LogP contribution is 2.12. The van der Waals surface area contributed by atoms with Gasteiger partial charge in [0.15, 0.2) is 0 Å². The first kappa shape index (κ1) is 16.0. The van der Waals surface area contributed by atoms with Crippen LogP contribution >= 0.6 is 0 Å². The van der Waals surface area contributed by atoms with Gasteiger partial charge in [-0.2, -0.15) is 5.26 Å². The summed E-state index contributed by atoms with van der Waals surface area (Å²) in [4.78, 5) is 25.3. The highest BCUT2D eigenvalue weighted by Gasteiger charge is 2.23. The molecule has 1 aromatic rings. The number of nitrogens with zero attached hydrogens (tertiary/aromatic N) is 2. The highest BCUT2D eigenvalue weighted by molar-refractivity contribution is 5.78. The van der Waals surface area contributed by atoms with Crippen molar-refractivity contribution in [1.29, 1.82) is 5.26 Å². The van der Waals surface area contributed by atoms with Gasteiger partial charge >= 0.3 is 0 Å². The van der Waals surface area contributed by atoms with Gasteiger partial charge in [0.05, 0.1) is 6.07 Å². The van der Waals surface area contributed by atoms with Gasteiger partial charge in [-0.1, -0.05) is 30.3 Å². The van der Waals surface area contributed by atoms with E-state index in [4.69, 9.17) is 5.26 Å². The zero-order chi connectivity index (χ0) is 15.8. The van der Waals surface area contributed by atoms with Crippen molar-refractivity contribution in [2.45, 2.75) is 38.1 Å². The Morgan fingerprint density at radius 2 is 1.91 bits per heavy atom. The Morgan fingerprint density at radius 1 is 1.23 bits per heavy atom. The van der Waals surface area contributed by atoms with Crippen LogP contribution in [0.4, 0.5) is 0 Å². The summed E-state index contributed by atoms with van der Waals surface area (Å²) in [6.45, 7) is 1.23. The fourth-order valence-electron chi connectivity index (χ4n) is 2.66. The monoisotopic (exact) mass is 299 g/mol. The van der Waals surface area contributed by atoms with Crippen LogP contribution in [0.2, 0.25) is 0 Å². The maximum atomic E-state index is 12.0. The van der Waals surface area contributed by atoms with Crippen LogP contribution in [-0.4, -0.2) is 35.8 Å². The summed E-state index contributed by atoms with van der Waals surface area (Å²) in [6.07, 6.45) is 2.68. The molecular weight excluding hydrogens is 278 g/mol. The topological polar surface area (TPSA) is 73.2 Å². The third kappa shape index (κ3) is 4.88. The lowest BCUT2D eigenvalue weighted by atomic mass is 10.0. The zero-order valence-corrected chi connectivity index (χ0v) is 12.6. The number of rotatable bonds is 5. The predicted octanol–water partition coefficient (Wildman–Crippen LogP) is 1.64. The van der Waals surface area contributed by atoms with Gasteiger partial charge in [0, 0.05) is 25.6 Å². The fourth-order valence-corrected chi connectivity index (χ4v) is 2.66. The van der Waals surface area contributed by atoms with Gasteiger partial charge in [-0.25, -0.2) is 0 Å². The second-order valence-electron chi connectivity index (χ2n) is 5.54. The Kier molecular flexibility index (Phi) is 5.96. The van der Waals surface area contributed by atoms with E-state index in [1.807, 2.05) is 36.4 Å².